The third-order valence-electron chi connectivity index (χ3n) is 6.22. The summed E-state index contributed by atoms with van der Waals surface area (Å²) in [5.41, 5.74) is 12.7. The average Bonchev–Trinajstić information content (AvgIpc) is 2.91. The summed E-state index contributed by atoms with van der Waals surface area (Å²) in [5, 5.41) is 11.5. The Bertz CT molecular complexity index is 1040. The second-order valence-electron chi connectivity index (χ2n) is 7.49. The molecule has 0 amide bonds. The summed E-state index contributed by atoms with van der Waals surface area (Å²) in [5.74, 6) is 0.174. The minimum atomic E-state index is 0.174. The standard InChI is InChI=1S/C23H28N2O/c1-11-9-20-21(16(6)12(11)2)19(23(26)25-20)10-24-22-17(7)14(4)13(3)15(5)18(22)8/h9-10,25-26H,1-8H3. The van der Waals surface area contributed by atoms with Crippen molar-refractivity contribution < 1.29 is 5.11 Å². The van der Waals surface area contributed by atoms with E-state index in [9.17, 15) is 5.11 Å². The van der Waals surface area contributed by atoms with Crippen molar-refractivity contribution >= 4 is 22.8 Å². The van der Waals surface area contributed by atoms with Gasteiger partial charge in [0.15, 0.2) is 5.88 Å². The molecule has 0 spiro atoms. The highest BCUT2D eigenvalue weighted by molar-refractivity contribution is 6.05. The van der Waals surface area contributed by atoms with Gasteiger partial charge in [-0.1, -0.05) is 0 Å². The minimum absolute atomic E-state index is 0.174. The highest BCUT2D eigenvalue weighted by Gasteiger charge is 2.15. The number of nitrogens with one attached hydrogen (secondary N) is 1. The second kappa shape index (κ2) is 6.31. The monoisotopic (exact) mass is 348 g/mol. The number of aromatic hydroxyl groups is 1. The molecule has 3 heteroatoms. The Morgan fingerprint density at radius 2 is 1.31 bits per heavy atom. The molecule has 0 radical (unpaired) electrons. The normalized spacial score (nSPS) is 11.8. The fourth-order valence-corrected chi connectivity index (χ4v) is 3.77. The van der Waals surface area contributed by atoms with Crippen molar-refractivity contribution in [2.45, 2.75) is 55.4 Å². The molecule has 0 aliphatic rings. The van der Waals surface area contributed by atoms with Crippen LogP contribution in [0.15, 0.2) is 11.1 Å². The van der Waals surface area contributed by atoms with Crippen LogP contribution in [0.3, 0.4) is 0 Å². The SMILES string of the molecule is Cc1cc2[nH]c(O)c(C=Nc3c(C)c(C)c(C)c(C)c3C)c2c(C)c1C. The highest BCUT2D eigenvalue weighted by atomic mass is 16.3. The minimum Gasteiger partial charge on any atom is -0.494 e. The first-order valence-corrected chi connectivity index (χ1v) is 9.07. The Hall–Kier alpha value is -2.55. The first kappa shape index (κ1) is 18.2. The Labute approximate surface area is 155 Å². The summed E-state index contributed by atoms with van der Waals surface area (Å²) < 4.78 is 0. The molecule has 0 saturated heterocycles. The molecule has 3 aromatic rings. The lowest BCUT2D eigenvalue weighted by molar-refractivity contribution is 0.457. The summed E-state index contributed by atoms with van der Waals surface area (Å²) in [4.78, 5) is 7.91. The average molecular weight is 348 g/mol. The molecule has 0 atom stereocenters. The lowest BCUT2D eigenvalue weighted by Gasteiger charge is -2.15. The number of hydrogen-bond acceptors (Lipinski definition) is 2. The van der Waals surface area contributed by atoms with Crippen LogP contribution in [0, 0.1) is 55.4 Å². The Balaban J connectivity index is 2.23. The van der Waals surface area contributed by atoms with Gasteiger partial charge in [-0.3, -0.25) is 4.99 Å². The Morgan fingerprint density at radius 1 is 0.769 bits per heavy atom. The molecule has 1 aromatic heterocycles. The van der Waals surface area contributed by atoms with E-state index in [2.05, 4.69) is 66.4 Å². The van der Waals surface area contributed by atoms with Crippen LogP contribution in [0.1, 0.15) is 50.1 Å². The first-order valence-electron chi connectivity index (χ1n) is 9.07. The van der Waals surface area contributed by atoms with Gasteiger partial charge in [-0.05, 0) is 106 Å². The largest absolute Gasteiger partial charge is 0.494 e. The van der Waals surface area contributed by atoms with Crippen LogP contribution in [-0.4, -0.2) is 16.3 Å². The van der Waals surface area contributed by atoms with Crippen LogP contribution in [0.25, 0.3) is 10.9 Å². The molecule has 2 aromatic carbocycles. The Morgan fingerprint density at radius 3 is 1.88 bits per heavy atom. The predicted octanol–water partition coefficient (Wildman–Crippen LogP) is 6.09. The number of aromatic amines is 1. The van der Waals surface area contributed by atoms with Crippen LogP contribution >= 0.6 is 0 Å². The van der Waals surface area contributed by atoms with E-state index in [4.69, 9.17) is 4.99 Å². The van der Waals surface area contributed by atoms with Gasteiger partial charge in [0.05, 0.1) is 11.3 Å². The maximum Gasteiger partial charge on any atom is 0.198 e. The molecule has 3 rings (SSSR count). The number of aromatic nitrogens is 1. The van der Waals surface area contributed by atoms with E-state index in [1.54, 1.807) is 6.21 Å². The van der Waals surface area contributed by atoms with Crippen LogP contribution < -0.4 is 0 Å². The number of hydrogen-bond donors (Lipinski definition) is 2. The summed E-state index contributed by atoms with van der Waals surface area (Å²) in [6.45, 7) is 17.0. The zero-order chi connectivity index (χ0) is 19.3. The van der Waals surface area contributed by atoms with Gasteiger partial charge in [0.1, 0.15) is 0 Å². The van der Waals surface area contributed by atoms with Gasteiger partial charge in [0.2, 0.25) is 0 Å². The number of rotatable bonds is 2. The maximum absolute atomic E-state index is 10.5. The fourth-order valence-electron chi connectivity index (χ4n) is 3.77. The second-order valence-corrected chi connectivity index (χ2v) is 7.49. The van der Waals surface area contributed by atoms with Crippen molar-refractivity contribution in [2.75, 3.05) is 0 Å². The third kappa shape index (κ3) is 2.63. The highest BCUT2D eigenvalue weighted by Crippen LogP contribution is 2.35. The van der Waals surface area contributed by atoms with Gasteiger partial charge in [0.25, 0.3) is 0 Å². The molecule has 0 bridgehead atoms. The molecule has 26 heavy (non-hydrogen) atoms. The van der Waals surface area contributed by atoms with Gasteiger partial charge in [0, 0.05) is 17.1 Å². The van der Waals surface area contributed by atoms with Gasteiger partial charge in [-0.15, -0.1) is 0 Å². The molecule has 2 N–H and O–H groups in total. The van der Waals surface area contributed by atoms with Crippen LogP contribution in [0.5, 0.6) is 5.88 Å². The summed E-state index contributed by atoms with van der Waals surface area (Å²) >= 11 is 0. The molecule has 0 unspecified atom stereocenters. The first-order chi connectivity index (χ1) is 12.1. The quantitative estimate of drug-likeness (QED) is 0.541. The van der Waals surface area contributed by atoms with Crippen molar-refractivity contribution in [3.63, 3.8) is 0 Å². The van der Waals surface area contributed by atoms with Crippen LogP contribution in [0.4, 0.5) is 5.69 Å². The smallest absolute Gasteiger partial charge is 0.198 e. The zero-order valence-corrected chi connectivity index (χ0v) is 17.0. The molecule has 0 fully saturated rings. The summed E-state index contributed by atoms with van der Waals surface area (Å²) in [6, 6.07) is 2.09. The van der Waals surface area contributed by atoms with Crippen molar-refractivity contribution in [3.05, 3.63) is 56.1 Å². The number of H-pyrrole nitrogens is 1. The van der Waals surface area contributed by atoms with Crippen molar-refractivity contribution in [2.24, 2.45) is 4.99 Å². The van der Waals surface area contributed by atoms with E-state index in [1.807, 2.05) is 0 Å². The summed E-state index contributed by atoms with van der Waals surface area (Å²) in [6.07, 6.45) is 1.81. The van der Waals surface area contributed by atoms with E-state index in [0.29, 0.717) is 0 Å². The summed E-state index contributed by atoms with van der Waals surface area (Å²) in [7, 11) is 0. The fraction of sp³-hybridized carbons (Fsp3) is 0.348. The molecule has 136 valence electrons. The van der Waals surface area contributed by atoms with E-state index < -0.39 is 0 Å². The van der Waals surface area contributed by atoms with Gasteiger partial charge in [-0.25, -0.2) is 0 Å². The van der Waals surface area contributed by atoms with Crippen molar-refractivity contribution in [3.8, 4) is 5.88 Å². The van der Waals surface area contributed by atoms with E-state index >= 15 is 0 Å². The lowest BCUT2D eigenvalue weighted by Crippen LogP contribution is -1.96. The number of fused-ring (bicyclic) bond motifs is 1. The number of aryl methyl sites for hydroxylation is 2. The van der Waals surface area contributed by atoms with Crippen molar-refractivity contribution in [1.82, 2.24) is 4.98 Å². The maximum atomic E-state index is 10.5. The predicted molar refractivity (Wildman–Crippen MR) is 112 cm³/mol. The van der Waals surface area contributed by atoms with Crippen molar-refractivity contribution in [1.29, 1.82) is 0 Å². The molecular formula is C23H28N2O. The molecule has 3 nitrogen and oxygen atoms in total. The molecule has 0 aliphatic carbocycles. The molecular weight excluding hydrogens is 320 g/mol. The van der Waals surface area contributed by atoms with E-state index in [-0.39, 0.29) is 5.88 Å². The van der Waals surface area contributed by atoms with E-state index in [0.717, 1.165) is 22.2 Å². The van der Waals surface area contributed by atoms with Gasteiger partial charge in [-0.2, -0.15) is 0 Å². The zero-order valence-electron chi connectivity index (χ0n) is 17.0. The molecule has 0 aliphatic heterocycles. The number of benzene rings is 2. The number of nitrogens with zero attached hydrogens (tertiary/aromatic N) is 1. The van der Waals surface area contributed by atoms with Crippen LogP contribution in [0.2, 0.25) is 0 Å². The molecule has 1 heterocycles. The molecule has 0 saturated carbocycles. The lowest BCUT2D eigenvalue weighted by atomic mass is 9.93. The topological polar surface area (TPSA) is 48.4 Å². The Kier molecular flexibility index (Phi) is 4.43. The van der Waals surface area contributed by atoms with Crippen LogP contribution in [-0.2, 0) is 0 Å². The van der Waals surface area contributed by atoms with Gasteiger partial charge < -0.3 is 10.1 Å². The third-order valence-corrected chi connectivity index (χ3v) is 6.22. The number of aliphatic imine (C=N–C) groups is 1. The van der Waals surface area contributed by atoms with Gasteiger partial charge >= 0.3 is 0 Å². The van der Waals surface area contributed by atoms with E-state index in [1.165, 1.54) is 44.5 Å².